The molecule has 1 aliphatic heterocycles. The summed E-state index contributed by atoms with van der Waals surface area (Å²) in [5.74, 6) is 3.15. The van der Waals surface area contributed by atoms with Crippen LogP contribution in [0.5, 0.6) is 0 Å². The van der Waals surface area contributed by atoms with Gasteiger partial charge in [0.1, 0.15) is 5.82 Å². The van der Waals surface area contributed by atoms with Crippen molar-refractivity contribution in [1.29, 1.82) is 0 Å². The molecule has 4 aliphatic carbocycles. The number of anilines is 1. The molecule has 2 unspecified atom stereocenters. The lowest BCUT2D eigenvalue weighted by Crippen LogP contribution is -2.61. The number of hydrogen-bond donors (Lipinski definition) is 3. The Balaban J connectivity index is 1.29. The number of amides is 1. The van der Waals surface area contributed by atoms with Crippen LogP contribution in [0.4, 0.5) is 5.82 Å². The highest BCUT2D eigenvalue weighted by atomic mass is 16.3. The van der Waals surface area contributed by atoms with Gasteiger partial charge in [-0.05, 0) is 88.6 Å². The first-order valence-corrected chi connectivity index (χ1v) is 11.8. The van der Waals surface area contributed by atoms with Crippen molar-refractivity contribution in [3.05, 3.63) is 11.3 Å². The molecule has 1 amide bonds. The van der Waals surface area contributed by atoms with E-state index >= 15 is 0 Å². The third kappa shape index (κ3) is 3.54. The second-order valence-corrected chi connectivity index (χ2v) is 10.7. The zero-order chi connectivity index (χ0) is 21.0. The molecule has 7 heteroatoms. The molecule has 166 valence electrons. The van der Waals surface area contributed by atoms with Crippen LogP contribution < -0.4 is 15.5 Å². The molecule has 0 radical (unpaired) electrons. The van der Waals surface area contributed by atoms with Gasteiger partial charge in [-0.15, -0.1) is 0 Å². The van der Waals surface area contributed by atoms with E-state index in [4.69, 9.17) is 0 Å². The Morgan fingerprint density at radius 1 is 1.27 bits per heavy atom. The molecular weight excluding hydrogens is 378 g/mol. The van der Waals surface area contributed by atoms with Crippen LogP contribution in [0.15, 0.2) is 0 Å². The average molecular weight is 416 g/mol. The standard InChI is InChI=1S/C23H37N5O2/c1-14-19(26-28(3)22(14)27(2)13-15-4-6-24-7-5-15)21(29)25-20-17-8-16-9-18(20)12-23(30,10-16)11-17/h15-18,20,24,30H,4-13H2,1-3H3,(H,25,29)/t16?,17?,18?,20-,23-. The Kier molecular flexibility index (Phi) is 5.09. The Morgan fingerprint density at radius 2 is 1.93 bits per heavy atom. The van der Waals surface area contributed by atoms with Crippen molar-refractivity contribution in [1.82, 2.24) is 20.4 Å². The van der Waals surface area contributed by atoms with E-state index in [2.05, 4.69) is 27.7 Å². The van der Waals surface area contributed by atoms with Crippen LogP contribution >= 0.6 is 0 Å². The molecule has 4 saturated carbocycles. The van der Waals surface area contributed by atoms with Gasteiger partial charge < -0.3 is 20.6 Å². The molecule has 6 rings (SSSR count). The minimum atomic E-state index is -0.469. The van der Waals surface area contributed by atoms with Gasteiger partial charge in [0.2, 0.25) is 0 Å². The Hall–Kier alpha value is -1.60. The summed E-state index contributed by atoms with van der Waals surface area (Å²) < 4.78 is 1.87. The van der Waals surface area contributed by atoms with Crippen molar-refractivity contribution < 1.29 is 9.90 Å². The van der Waals surface area contributed by atoms with E-state index in [1.165, 1.54) is 12.8 Å². The van der Waals surface area contributed by atoms with E-state index in [9.17, 15) is 9.90 Å². The third-order valence-corrected chi connectivity index (χ3v) is 8.35. The monoisotopic (exact) mass is 415 g/mol. The van der Waals surface area contributed by atoms with Gasteiger partial charge in [-0.2, -0.15) is 5.10 Å². The number of nitrogens with one attached hydrogen (secondary N) is 2. The number of aryl methyl sites for hydroxylation is 1. The largest absolute Gasteiger partial charge is 0.390 e. The van der Waals surface area contributed by atoms with Crippen molar-refractivity contribution in [3.63, 3.8) is 0 Å². The lowest BCUT2D eigenvalue weighted by molar-refractivity contribution is -0.136. The zero-order valence-electron chi connectivity index (χ0n) is 18.7. The summed E-state index contributed by atoms with van der Waals surface area (Å²) in [4.78, 5) is 15.5. The minimum absolute atomic E-state index is 0.0471. The van der Waals surface area contributed by atoms with E-state index in [0.717, 1.165) is 63.1 Å². The van der Waals surface area contributed by atoms with Gasteiger partial charge in [0, 0.05) is 32.2 Å². The molecule has 5 aliphatic rings. The van der Waals surface area contributed by atoms with Crippen LogP contribution in [-0.4, -0.2) is 59.1 Å². The van der Waals surface area contributed by atoms with Crippen LogP contribution in [0.1, 0.15) is 61.0 Å². The molecule has 3 N–H and O–H groups in total. The lowest BCUT2D eigenvalue weighted by Gasteiger charge is -2.58. The fraction of sp³-hybridized carbons (Fsp3) is 0.826. The van der Waals surface area contributed by atoms with Crippen LogP contribution in [-0.2, 0) is 7.05 Å². The molecule has 5 fully saturated rings. The van der Waals surface area contributed by atoms with Gasteiger partial charge >= 0.3 is 0 Å². The molecule has 7 nitrogen and oxygen atoms in total. The van der Waals surface area contributed by atoms with E-state index in [1.54, 1.807) is 0 Å². The first-order chi connectivity index (χ1) is 14.3. The molecule has 0 spiro atoms. The fourth-order valence-corrected chi connectivity index (χ4v) is 7.34. The topological polar surface area (TPSA) is 82.4 Å². The maximum absolute atomic E-state index is 13.2. The molecule has 2 atom stereocenters. The summed E-state index contributed by atoms with van der Waals surface area (Å²) in [7, 11) is 4.06. The second-order valence-electron chi connectivity index (χ2n) is 10.7. The molecule has 1 aromatic heterocycles. The van der Waals surface area contributed by atoms with Gasteiger partial charge in [-0.3, -0.25) is 9.48 Å². The van der Waals surface area contributed by atoms with Crippen LogP contribution in [0.3, 0.4) is 0 Å². The smallest absolute Gasteiger partial charge is 0.272 e. The van der Waals surface area contributed by atoms with Gasteiger partial charge in [0.25, 0.3) is 5.91 Å². The summed E-state index contributed by atoms with van der Waals surface area (Å²) in [6.07, 6.45) is 7.35. The van der Waals surface area contributed by atoms with Gasteiger partial charge in [-0.1, -0.05) is 0 Å². The predicted molar refractivity (Wildman–Crippen MR) is 117 cm³/mol. The Bertz CT molecular complexity index is 799. The number of carbonyl (C=O) groups excluding carboxylic acids is 1. The highest BCUT2D eigenvalue weighted by molar-refractivity contribution is 5.95. The Labute approximate surface area is 179 Å². The summed E-state index contributed by atoms with van der Waals surface area (Å²) in [5.41, 5.74) is 1.05. The zero-order valence-corrected chi connectivity index (χ0v) is 18.7. The summed E-state index contributed by atoms with van der Waals surface area (Å²) >= 11 is 0. The van der Waals surface area contributed by atoms with E-state index in [0.29, 0.717) is 29.4 Å². The normalized spacial score (nSPS) is 35.6. The number of aromatic nitrogens is 2. The van der Waals surface area contributed by atoms with Crippen molar-refractivity contribution in [2.75, 3.05) is 31.6 Å². The van der Waals surface area contributed by atoms with Crippen LogP contribution in [0, 0.1) is 30.6 Å². The first kappa shape index (κ1) is 20.3. The number of piperidine rings is 1. The predicted octanol–water partition coefficient (Wildman–Crippen LogP) is 1.83. The molecule has 2 heterocycles. The van der Waals surface area contributed by atoms with Crippen LogP contribution in [0.2, 0.25) is 0 Å². The number of hydrogen-bond acceptors (Lipinski definition) is 5. The maximum atomic E-state index is 13.2. The average Bonchev–Trinajstić information content (AvgIpc) is 2.98. The van der Waals surface area contributed by atoms with Crippen molar-refractivity contribution in [2.45, 2.75) is 63.5 Å². The second kappa shape index (κ2) is 7.52. The van der Waals surface area contributed by atoms with Gasteiger partial charge in [0.15, 0.2) is 5.69 Å². The fourth-order valence-electron chi connectivity index (χ4n) is 7.34. The number of rotatable bonds is 5. The van der Waals surface area contributed by atoms with Crippen molar-refractivity contribution in [2.24, 2.45) is 30.7 Å². The first-order valence-electron chi connectivity index (χ1n) is 11.8. The number of nitrogens with zero attached hydrogens (tertiary/aromatic N) is 3. The molecule has 1 aromatic rings. The molecule has 30 heavy (non-hydrogen) atoms. The van der Waals surface area contributed by atoms with Crippen molar-refractivity contribution >= 4 is 11.7 Å². The quantitative estimate of drug-likeness (QED) is 0.684. The minimum Gasteiger partial charge on any atom is -0.390 e. The maximum Gasteiger partial charge on any atom is 0.272 e. The summed E-state index contributed by atoms with van der Waals surface area (Å²) in [5, 5.41) is 22.2. The SMILES string of the molecule is Cc1c(C(=O)N[C@H]2C3CC4CC2C[C@](O)(C4)C3)nn(C)c1N(C)CC1CCNCC1. The van der Waals surface area contributed by atoms with E-state index in [1.807, 2.05) is 18.7 Å². The highest BCUT2D eigenvalue weighted by Crippen LogP contribution is 2.55. The van der Waals surface area contributed by atoms with Gasteiger partial charge in [-0.25, -0.2) is 0 Å². The molecule has 1 saturated heterocycles. The summed E-state index contributed by atoms with van der Waals surface area (Å²) in [6, 6.07) is 0.187. The molecule has 4 bridgehead atoms. The number of carbonyl (C=O) groups is 1. The lowest BCUT2D eigenvalue weighted by atomic mass is 9.52. The van der Waals surface area contributed by atoms with E-state index < -0.39 is 5.60 Å². The number of aliphatic hydroxyl groups is 1. The molecular formula is C23H37N5O2. The van der Waals surface area contributed by atoms with Crippen molar-refractivity contribution in [3.8, 4) is 0 Å². The van der Waals surface area contributed by atoms with E-state index in [-0.39, 0.29) is 11.9 Å². The van der Waals surface area contributed by atoms with Crippen LogP contribution in [0.25, 0.3) is 0 Å². The van der Waals surface area contributed by atoms with Gasteiger partial charge in [0.05, 0.1) is 5.60 Å². The summed E-state index contributed by atoms with van der Waals surface area (Å²) in [6.45, 7) is 5.21. The third-order valence-electron chi connectivity index (χ3n) is 8.35. The highest BCUT2D eigenvalue weighted by Gasteiger charge is 2.55. The Morgan fingerprint density at radius 3 is 2.57 bits per heavy atom. The molecule has 0 aromatic carbocycles.